The zero-order chi connectivity index (χ0) is 11.3. The quantitative estimate of drug-likeness (QED) is 0.754. The van der Waals surface area contributed by atoms with E-state index in [1.165, 1.54) is 11.8 Å². The molecule has 0 radical (unpaired) electrons. The van der Waals surface area contributed by atoms with Crippen LogP contribution in [0.25, 0.3) is 0 Å². The number of carboxylic acids is 1. The van der Waals surface area contributed by atoms with Crippen LogP contribution in [0, 0.1) is 0 Å². The van der Waals surface area contributed by atoms with Crippen molar-refractivity contribution in [3.8, 4) is 0 Å². The first-order valence-corrected chi connectivity index (χ1v) is 5.65. The zero-order valence-corrected chi connectivity index (χ0v) is 9.28. The lowest BCUT2D eigenvalue weighted by molar-refractivity contribution is -0.138. The summed E-state index contributed by atoms with van der Waals surface area (Å²) in [6, 6.07) is 9.24. The molecule has 4 heteroatoms. The van der Waals surface area contributed by atoms with Gasteiger partial charge in [0.2, 0.25) is 0 Å². The number of carboxylic acid groups (broad SMARTS) is 1. The molecule has 2 unspecified atom stereocenters. The van der Waals surface area contributed by atoms with Crippen molar-refractivity contribution in [3.63, 3.8) is 0 Å². The Hall–Kier alpha value is -1.00. The summed E-state index contributed by atoms with van der Waals surface area (Å²) < 4.78 is 0. The van der Waals surface area contributed by atoms with Crippen LogP contribution < -0.4 is 0 Å². The van der Waals surface area contributed by atoms with Crippen LogP contribution in [0.4, 0.5) is 0 Å². The van der Waals surface area contributed by atoms with Gasteiger partial charge in [0.25, 0.3) is 0 Å². The van der Waals surface area contributed by atoms with Crippen molar-refractivity contribution in [2.45, 2.75) is 29.6 Å². The first kappa shape index (κ1) is 12.1. The Bertz CT molecular complexity index is 313. The highest BCUT2D eigenvalue weighted by molar-refractivity contribution is 8.00. The van der Waals surface area contributed by atoms with Crippen molar-refractivity contribution >= 4 is 17.7 Å². The number of rotatable bonds is 5. The lowest BCUT2D eigenvalue weighted by atomic mass is 10.2. The maximum Gasteiger partial charge on any atom is 0.319 e. The summed E-state index contributed by atoms with van der Waals surface area (Å²) in [5.41, 5.74) is 0. The number of benzene rings is 1. The van der Waals surface area contributed by atoms with Gasteiger partial charge in [-0.3, -0.25) is 4.79 Å². The monoisotopic (exact) mass is 226 g/mol. The molecule has 1 aromatic rings. The molecule has 0 bridgehead atoms. The molecule has 15 heavy (non-hydrogen) atoms. The third kappa shape index (κ3) is 3.57. The minimum absolute atomic E-state index is 0.441. The largest absolute Gasteiger partial charge is 0.480 e. The first-order chi connectivity index (χ1) is 7.15. The van der Waals surface area contributed by atoms with Gasteiger partial charge in [0, 0.05) is 4.90 Å². The van der Waals surface area contributed by atoms with Gasteiger partial charge in [-0.2, -0.15) is 0 Å². The number of aliphatic carboxylic acids is 1. The number of thioether (sulfide) groups is 1. The number of aliphatic hydroxyl groups excluding tert-OH is 1. The Balaban J connectivity index is 2.71. The van der Waals surface area contributed by atoms with Gasteiger partial charge in [-0.1, -0.05) is 25.1 Å². The molecule has 2 N–H and O–H groups in total. The molecule has 0 saturated heterocycles. The van der Waals surface area contributed by atoms with Gasteiger partial charge in [0.05, 0.1) is 6.10 Å². The van der Waals surface area contributed by atoms with Crippen molar-refractivity contribution in [3.05, 3.63) is 30.3 Å². The van der Waals surface area contributed by atoms with Gasteiger partial charge in [-0.25, -0.2) is 0 Å². The first-order valence-electron chi connectivity index (χ1n) is 4.77. The van der Waals surface area contributed by atoms with Gasteiger partial charge in [0.1, 0.15) is 5.25 Å². The SMILES string of the molecule is CCC(O)C(Sc1ccccc1)C(=O)O. The molecule has 0 fully saturated rings. The molecule has 0 saturated carbocycles. The number of aliphatic hydroxyl groups is 1. The van der Waals surface area contributed by atoms with E-state index < -0.39 is 17.3 Å². The lowest BCUT2D eigenvalue weighted by Crippen LogP contribution is -2.30. The summed E-state index contributed by atoms with van der Waals surface area (Å²) >= 11 is 1.18. The molecule has 0 aliphatic carbocycles. The number of hydrogen-bond acceptors (Lipinski definition) is 3. The molecule has 3 nitrogen and oxygen atoms in total. The van der Waals surface area contributed by atoms with E-state index in [-0.39, 0.29) is 0 Å². The van der Waals surface area contributed by atoms with Gasteiger partial charge in [-0.05, 0) is 18.6 Å². The molecule has 2 atom stereocenters. The van der Waals surface area contributed by atoms with Gasteiger partial charge in [-0.15, -0.1) is 11.8 Å². The Kier molecular flexibility index (Phi) is 4.65. The van der Waals surface area contributed by atoms with E-state index >= 15 is 0 Å². The molecule has 0 heterocycles. The minimum Gasteiger partial charge on any atom is -0.480 e. The molecule has 0 amide bonds. The predicted molar refractivity (Wildman–Crippen MR) is 60.0 cm³/mol. The van der Waals surface area contributed by atoms with E-state index in [9.17, 15) is 9.90 Å². The van der Waals surface area contributed by atoms with Crippen LogP contribution in [0.15, 0.2) is 35.2 Å². The highest BCUT2D eigenvalue weighted by Crippen LogP contribution is 2.26. The highest BCUT2D eigenvalue weighted by atomic mass is 32.2. The number of hydrogen-bond donors (Lipinski definition) is 2. The second-order valence-electron chi connectivity index (χ2n) is 3.17. The summed E-state index contributed by atoms with van der Waals surface area (Å²) in [7, 11) is 0. The Morgan fingerprint density at radius 2 is 2.00 bits per heavy atom. The van der Waals surface area contributed by atoms with Crippen LogP contribution in [0.1, 0.15) is 13.3 Å². The van der Waals surface area contributed by atoms with Crippen LogP contribution in [-0.4, -0.2) is 27.5 Å². The molecule has 0 aromatic heterocycles. The number of carbonyl (C=O) groups is 1. The van der Waals surface area contributed by atoms with Crippen LogP contribution in [0.3, 0.4) is 0 Å². The Labute approximate surface area is 93.1 Å². The maximum absolute atomic E-state index is 10.9. The molecule has 1 rings (SSSR count). The van der Waals surface area contributed by atoms with Crippen molar-refractivity contribution in [1.29, 1.82) is 0 Å². The highest BCUT2D eigenvalue weighted by Gasteiger charge is 2.26. The summed E-state index contributed by atoms with van der Waals surface area (Å²) in [6.45, 7) is 1.77. The molecule has 1 aromatic carbocycles. The molecular formula is C11H14O3S. The van der Waals surface area contributed by atoms with Crippen molar-refractivity contribution in [1.82, 2.24) is 0 Å². The molecule has 82 valence electrons. The Morgan fingerprint density at radius 1 is 1.40 bits per heavy atom. The fourth-order valence-electron chi connectivity index (χ4n) is 1.15. The van der Waals surface area contributed by atoms with E-state index in [1.54, 1.807) is 6.92 Å². The van der Waals surface area contributed by atoms with E-state index in [1.807, 2.05) is 30.3 Å². The van der Waals surface area contributed by atoms with Crippen LogP contribution >= 0.6 is 11.8 Å². The van der Waals surface area contributed by atoms with Gasteiger partial charge in [0.15, 0.2) is 0 Å². The van der Waals surface area contributed by atoms with E-state index in [0.717, 1.165) is 4.90 Å². The fourth-order valence-corrected chi connectivity index (χ4v) is 2.21. The van der Waals surface area contributed by atoms with Crippen LogP contribution in [0.5, 0.6) is 0 Å². The van der Waals surface area contributed by atoms with E-state index in [2.05, 4.69) is 0 Å². The van der Waals surface area contributed by atoms with Crippen LogP contribution in [0.2, 0.25) is 0 Å². The van der Waals surface area contributed by atoms with Crippen molar-refractivity contribution in [2.24, 2.45) is 0 Å². The average Bonchev–Trinajstić information content (AvgIpc) is 2.26. The summed E-state index contributed by atoms with van der Waals surface area (Å²) in [5.74, 6) is -0.974. The summed E-state index contributed by atoms with van der Waals surface area (Å²) in [5, 5.41) is 17.7. The third-order valence-corrected chi connectivity index (χ3v) is 3.33. The summed E-state index contributed by atoms with van der Waals surface area (Å²) in [6.07, 6.45) is -0.371. The van der Waals surface area contributed by atoms with Gasteiger partial charge < -0.3 is 10.2 Å². The van der Waals surface area contributed by atoms with Gasteiger partial charge >= 0.3 is 5.97 Å². The van der Waals surface area contributed by atoms with Crippen LogP contribution in [-0.2, 0) is 4.79 Å². The van der Waals surface area contributed by atoms with E-state index in [4.69, 9.17) is 5.11 Å². The average molecular weight is 226 g/mol. The third-order valence-electron chi connectivity index (χ3n) is 2.02. The molecule has 0 spiro atoms. The minimum atomic E-state index is -0.974. The predicted octanol–water partition coefficient (Wildman–Crippen LogP) is 2.00. The van der Waals surface area contributed by atoms with Crippen molar-refractivity contribution < 1.29 is 15.0 Å². The molecule has 0 aliphatic heterocycles. The normalized spacial score (nSPS) is 14.5. The molecular weight excluding hydrogens is 212 g/mol. The smallest absolute Gasteiger partial charge is 0.319 e. The maximum atomic E-state index is 10.9. The lowest BCUT2D eigenvalue weighted by Gasteiger charge is -2.16. The second-order valence-corrected chi connectivity index (χ2v) is 4.38. The van der Waals surface area contributed by atoms with Crippen molar-refractivity contribution in [2.75, 3.05) is 0 Å². The fraction of sp³-hybridized carbons (Fsp3) is 0.364. The van der Waals surface area contributed by atoms with E-state index in [0.29, 0.717) is 6.42 Å². The zero-order valence-electron chi connectivity index (χ0n) is 8.46. The Morgan fingerprint density at radius 3 is 2.47 bits per heavy atom. The molecule has 0 aliphatic rings. The standard InChI is InChI=1S/C11H14O3S/c1-2-9(12)10(11(13)14)15-8-6-4-3-5-7-8/h3-7,9-10,12H,2H2,1H3,(H,13,14). The topological polar surface area (TPSA) is 57.5 Å². The second kappa shape index (κ2) is 5.78. The summed E-state index contributed by atoms with van der Waals surface area (Å²) in [4.78, 5) is 11.8.